The van der Waals surface area contributed by atoms with Gasteiger partial charge < -0.3 is 4.90 Å². The molecule has 0 saturated carbocycles. The average Bonchev–Trinajstić information content (AvgIpc) is 2.85. The first-order valence-electron chi connectivity index (χ1n) is 7.52. The number of amides is 3. The fraction of sp³-hybridized carbons (Fsp3) is 0.294. The van der Waals surface area contributed by atoms with Crippen LogP contribution in [0.2, 0.25) is 0 Å². The summed E-state index contributed by atoms with van der Waals surface area (Å²) in [5.74, 6) is -1.02. The van der Waals surface area contributed by atoms with Crippen molar-refractivity contribution in [1.29, 1.82) is 0 Å². The van der Waals surface area contributed by atoms with Gasteiger partial charge in [0.15, 0.2) is 0 Å². The Morgan fingerprint density at radius 2 is 2.09 bits per heavy atom. The molecule has 1 aromatic carbocycles. The molecule has 2 aromatic rings. The Morgan fingerprint density at radius 1 is 1.35 bits per heavy atom. The molecule has 1 fully saturated rings. The van der Waals surface area contributed by atoms with Crippen molar-refractivity contribution >= 4 is 28.6 Å². The highest BCUT2D eigenvalue weighted by Crippen LogP contribution is 2.22. The molecule has 1 N–H and O–H groups in total. The fourth-order valence-electron chi connectivity index (χ4n) is 2.94. The molecule has 1 aliphatic rings. The van der Waals surface area contributed by atoms with Gasteiger partial charge in [0.1, 0.15) is 6.04 Å². The van der Waals surface area contributed by atoms with E-state index >= 15 is 0 Å². The van der Waals surface area contributed by atoms with Gasteiger partial charge in [-0.2, -0.15) is 0 Å². The van der Waals surface area contributed by atoms with Gasteiger partial charge in [0, 0.05) is 17.6 Å². The molecule has 1 aliphatic heterocycles. The summed E-state index contributed by atoms with van der Waals surface area (Å²) in [4.78, 5) is 42.2. The molecule has 118 valence electrons. The first-order valence-corrected chi connectivity index (χ1v) is 7.52. The Bertz CT molecular complexity index is 816. The molecule has 0 unspecified atom stereocenters. The molecular formula is C17H17N3O3. The van der Waals surface area contributed by atoms with Crippen molar-refractivity contribution in [2.45, 2.75) is 26.3 Å². The standard InChI is InChI=1S/C17H17N3O3/c1-3-20(14-9-15(21)19-16(14)22)17(23)12-8-10(2)18-13-7-5-4-6-11(12)13/h4-8,14H,3,9H2,1-2H3,(H,19,21,22)/t14-/m0/s1. The Balaban J connectivity index is 2.05. The number of para-hydroxylation sites is 1. The predicted octanol–water partition coefficient (Wildman–Crippen LogP) is 1.42. The Kier molecular flexibility index (Phi) is 3.82. The van der Waals surface area contributed by atoms with Gasteiger partial charge in [-0.05, 0) is 26.0 Å². The normalized spacial score (nSPS) is 17.4. The third kappa shape index (κ3) is 2.67. The minimum Gasteiger partial charge on any atom is -0.326 e. The largest absolute Gasteiger partial charge is 0.326 e. The number of likely N-dealkylation sites (N-methyl/N-ethyl adjacent to an activating group) is 1. The molecule has 0 bridgehead atoms. The molecule has 3 amide bonds. The molecule has 3 rings (SSSR count). The smallest absolute Gasteiger partial charge is 0.255 e. The van der Waals surface area contributed by atoms with Crippen LogP contribution in [0.25, 0.3) is 10.9 Å². The highest BCUT2D eigenvalue weighted by Gasteiger charge is 2.37. The molecule has 23 heavy (non-hydrogen) atoms. The first-order chi connectivity index (χ1) is 11.0. The number of hydrogen-bond acceptors (Lipinski definition) is 4. The molecule has 0 spiro atoms. The minimum absolute atomic E-state index is 0.0143. The lowest BCUT2D eigenvalue weighted by Gasteiger charge is -2.26. The monoisotopic (exact) mass is 311 g/mol. The number of carbonyl (C=O) groups is 3. The van der Waals surface area contributed by atoms with Crippen molar-refractivity contribution in [3.05, 3.63) is 41.6 Å². The van der Waals surface area contributed by atoms with Crippen molar-refractivity contribution in [2.24, 2.45) is 0 Å². The van der Waals surface area contributed by atoms with Crippen LogP contribution in [0, 0.1) is 6.92 Å². The predicted molar refractivity (Wildman–Crippen MR) is 84.7 cm³/mol. The van der Waals surface area contributed by atoms with Gasteiger partial charge >= 0.3 is 0 Å². The first kappa shape index (κ1) is 15.1. The van der Waals surface area contributed by atoms with Crippen LogP contribution in [0.5, 0.6) is 0 Å². The van der Waals surface area contributed by atoms with Crippen molar-refractivity contribution in [3.63, 3.8) is 0 Å². The summed E-state index contributed by atoms with van der Waals surface area (Å²) >= 11 is 0. The van der Waals surface area contributed by atoms with Crippen molar-refractivity contribution in [1.82, 2.24) is 15.2 Å². The highest BCUT2D eigenvalue weighted by atomic mass is 16.2. The summed E-state index contributed by atoms with van der Waals surface area (Å²) in [6, 6.07) is 8.38. The fourth-order valence-corrected chi connectivity index (χ4v) is 2.94. The summed E-state index contributed by atoms with van der Waals surface area (Å²) in [7, 11) is 0. The molecular weight excluding hydrogens is 294 g/mol. The van der Waals surface area contributed by atoms with Crippen molar-refractivity contribution in [2.75, 3.05) is 6.54 Å². The van der Waals surface area contributed by atoms with Crippen LogP contribution in [0.4, 0.5) is 0 Å². The van der Waals surface area contributed by atoms with E-state index in [9.17, 15) is 14.4 Å². The third-order valence-electron chi connectivity index (χ3n) is 4.00. The average molecular weight is 311 g/mol. The van der Waals surface area contributed by atoms with E-state index in [4.69, 9.17) is 0 Å². The van der Waals surface area contributed by atoms with E-state index in [2.05, 4.69) is 10.3 Å². The lowest BCUT2D eigenvalue weighted by molar-refractivity contribution is -0.126. The van der Waals surface area contributed by atoms with Gasteiger partial charge in [-0.25, -0.2) is 0 Å². The molecule has 2 heterocycles. The second-order valence-electron chi connectivity index (χ2n) is 5.55. The number of aryl methyl sites for hydroxylation is 1. The van der Waals surface area contributed by atoms with Gasteiger partial charge in [0.2, 0.25) is 11.8 Å². The summed E-state index contributed by atoms with van der Waals surface area (Å²) in [5.41, 5.74) is 1.97. The lowest BCUT2D eigenvalue weighted by Crippen LogP contribution is -2.44. The summed E-state index contributed by atoms with van der Waals surface area (Å²) < 4.78 is 0. The van der Waals surface area contributed by atoms with E-state index in [0.29, 0.717) is 12.1 Å². The van der Waals surface area contributed by atoms with Crippen LogP contribution in [0.3, 0.4) is 0 Å². The number of rotatable bonds is 3. The second-order valence-corrected chi connectivity index (χ2v) is 5.55. The number of carbonyl (C=O) groups excluding carboxylic acids is 3. The number of imide groups is 1. The third-order valence-corrected chi connectivity index (χ3v) is 4.00. The topological polar surface area (TPSA) is 79.4 Å². The van der Waals surface area contributed by atoms with Crippen LogP contribution in [0.1, 0.15) is 29.4 Å². The number of nitrogens with zero attached hydrogens (tertiary/aromatic N) is 2. The van der Waals surface area contributed by atoms with Crippen LogP contribution < -0.4 is 5.32 Å². The number of pyridine rings is 1. The molecule has 0 aliphatic carbocycles. The van der Waals surface area contributed by atoms with Gasteiger partial charge in [-0.3, -0.25) is 24.7 Å². The molecule has 1 atom stereocenters. The SMILES string of the molecule is CCN(C(=O)c1cc(C)nc2ccccc12)[C@H]1CC(=O)NC1=O. The second kappa shape index (κ2) is 5.79. The molecule has 0 radical (unpaired) electrons. The van der Waals surface area contributed by atoms with Crippen LogP contribution in [0.15, 0.2) is 30.3 Å². The zero-order valence-electron chi connectivity index (χ0n) is 13.0. The quantitative estimate of drug-likeness (QED) is 0.870. The van der Waals surface area contributed by atoms with E-state index in [1.165, 1.54) is 4.90 Å². The zero-order chi connectivity index (χ0) is 16.6. The summed E-state index contributed by atoms with van der Waals surface area (Å²) in [6.07, 6.45) is 0.0143. The van der Waals surface area contributed by atoms with Crippen molar-refractivity contribution in [3.8, 4) is 0 Å². The van der Waals surface area contributed by atoms with Gasteiger partial charge in [-0.15, -0.1) is 0 Å². The van der Waals surface area contributed by atoms with E-state index in [-0.39, 0.29) is 18.2 Å². The summed E-state index contributed by atoms with van der Waals surface area (Å²) in [5, 5.41) is 2.99. The minimum atomic E-state index is -0.743. The zero-order valence-corrected chi connectivity index (χ0v) is 13.0. The maximum atomic E-state index is 13.0. The summed E-state index contributed by atoms with van der Waals surface area (Å²) in [6.45, 7) is 3.97. The van der Waals surface area contributed by atoms with E-state index in [1.54, 1.807) is 13.0 Å². The van der Waals surface area contributed by atoms with Gasteiger partial charge in [-0.1, -0.05) is 18.2 Å². The van der Waals surface area contributed by atoms with Crippen LogP contribution in [-0.2, 0) is 9.59 Å². The molecule has 1 aromatic heterocycles. The number of hydrogen-bond donors (Lipinski definition) is 1. The maximum absolute atomic E-state index is 13.0. The van der Waals surface area contributed by atoms with Gasteiger partial charge in [0.25, 0.3) is 5.91 Å². The Morgan fingerprint density at radius 3 is 2.74 bits per heavy atom. The van der Waals surface area contributed by atoms with E-state index in [1.807, 2.05) is 31.2 Å². The highest BCUT2D eigenvalue weighted by molar-refractivity contribution is 6.11. The van der Waals surface area contributed by atoms with Crippen molar-refractivity contribution < 1.29 is 14.4 Å². The lowest BCUT2D eigenvalue weighted by atomic mass is 10.0. The molecule has 1 saturated heterocycles. The molecule has 6 heteroatoms. The van der Waals surface area contributed by atoms with Crippen LogP contribution in [-0.4, -0.2) is 40.2 Å². The number of fused-ring (bicyclic) bond motifs is 1. The number of nitrogens with one attached hydrogen (secondary N) is 1. The Labute approximate surface area is 133 Å². The maximum Gasteiger partial charge on any atom is 0.255 e. The Hall–Kier alpha value is -2.76. The van der Waals surface area contributed by atoms with Crippen LogP contribution >= 0.6 is 0 Å². The number of aromatic nitrogens is 1. The molecule has 6 nitrogen and oxygen atoms in total. The van der Waals surface area contributed by atoms with E-state index in [0.717, 1.165) is 16.6 Å². The number of benzene rings is 1. The van der Waals surface area contributed by atoms with Gasteiger partial charge in [0.05, 0.1) is 17.5 Å². The van der Waals surface area contributed by atoms with E-state index < -0.39 is 11.9 Å².